The number of aromatic nitrogens is 4. The highest BCUT2D eigenvalue weighted by Gasteiger charge is 2.26. The molecule has 1 fully saturated rings. The van der Waals surface area contributed by atoms with Crippen LogP contribution in [0.4, 0.5) is 0 Å². The monoisotopic (exact) mass is 301 g/mol. The van der Waals surface area contributed by atoms with E-state index >= 15 is 0 Å². The lowest BCUT2D eigenvalue weighted by atomic mass is 10.0. The molecule has 1 aliphatic heterocycles. The Balaban J connectivity index is 1.89. The van der Waals surface area contributed by atoms with E-state index in [-0.39, 0.29) is 5.91 Å². The predicted molar refractivity (Wildman–Crippen MR) is 84.6 cm³/mol. The Bertz CT molecular complexity index is 699. The van der Waals surface area contributed by atoms with Crippen molar-refractivity contribution in [3.8, 4) is 11.3 Å². The first-order valence-electron chi connectivity index (χ1n) is 7.86. The van der Waals surface area contributed by atoms with E-state index in [2.05, 4.69) is 22.2 Å². The molecule has 1 aliphatic rings. The van der Waals surface area contributed by atoms with E-state index in [1.54, 1.807) is 0 Å². The second-order valence-corrected chi connectivity index (χ2v) is 6.18. The van der Waals surface area contributed by atoms with Crippen molar-refractivity contribution in [3.63, 3.8) is 0 Å². The molecule has 22 heavy (non-hydrogen) atoms. The smallest absolute Gasteiger partial charge is 0.272 e. The van der Waals surface area contributed by atoms with Crippen LogP contribution >= 0.6 is 0 Å². The first kappa shape index (κ1) is 14.8. The summed E-state index contributed by atoms with van der Waals surface area (Å²) in [5.74, 6) is 0.0464. The van der Waals surface area contributed by atoms with Gasteiger partial charge >= 0.3 is 0 Å². The van der Waals surface area contributed by atoms with Gasteiger partial charge < -0.3 is 4.90 Å². The number of piperidine rings is 1. The highest BCUT2D eigenvalue weighted by molar-refractivity contribution is 5.93. The van der Waals surface area contributed by atoms with Crippen LogP contribution in [0.2, 0.25) is 0 Å². The van der Waals surface area contributed by atoms with Gasteiger partial charge in [0, 0.05) is 30.9 Å². The van der Waals surface area contributed by atoms with Crippen molar-refractivity contribution >= 4 is 5.91 Å². The van der Waals surface area contributed by atoms with E-state index in [0.717, 1.165) is 42.0 Å². The molecule has 1 unspecified atom stereocenters. The van der Waals surface area contributed by atoms with Crippen LogP contribution in [-0.4, -0.2) is 43.4 Å². The van der Waals surface area contributed by atoms with Gasteiger partial charge in [0.1, 0.15) is 5.69 Å². The van der Waals surface area contributed by atoms with Crippen LogP contribution in [0, 0.1) is 13.8 Å². The second kappa shape index (κ2) is 5.59. The molecular weight excluding hydrogens is 278 g/mol. The number of amides is 1. The van der Waals surface area contributed by atoms with Crippen molar-refractivity contribution in [1.29, 1.82) is 0 Å². The summed E-state index contributed by atoms with van der Waals surface area (Å²) in [6, 6.07) is 2.15. The summed E-state index contributed by atoms with van der Waals surface area (Å²) in [7, 11) is 1.92. The van der Waals surface area contributed by atoms with E-state index in [0.29, 0.717) is 11.7 Å². The van der Waals surface area contributed by atoms with Crippen LogP contribution < -0.4 is 0 Å². The molecule has 6 nitrogen and oxygen atoms in total. The molecule has 3 rings (SSSR count). The highest BCUT2D eigenvalue weighted by atomic mass is 16.2. The second-order valence-electron chi connectivity index (χ2n) is 6.18. The van der Waals surface area contributed by atoms with Gasteiger partial charge in [0.05, 0.1) is 11.4 Å². The number of hydrogen-bond donors (Lipinski definition) is 1. The zero-order chi connectivity index (χ0) is 15.9. The Morgan fingerprint density at radius 3 is 2.77 bits per heavy atom. The molecule has 0 radical (unpaired) electrons. The Morgan fingerprint density at radius 1 is 1.36 bits per heavy atom. The predicted octanol–water partition coefficient (Wildman–Crippen LogP) is 2.44. The minimum Gasteiger partial charge on any atom is -0.335 e. The van der Waals surface area contributed by atoms with E-state index in [1.165, 1.54) is 6.42 Å². The number of nitrogens with one attached hydrogen (secondary N) is 1. The normalized spacial score (nSPS) is 18.7. The maximum Gasteiger partial charge on any atom is 0.272 e. The Labute approximate surface area is 130 Å². The molecule has 3 heterocycles. The van der Waals surface area contributed by atoms with E-state index < -0.39 is 0 Å². The first-order valence-corrected chi connectivity index (χ1v) is 7.86. The molecule has 2 aromatic rings. The van der Waals surface area contributed by atoms with Crippen molar-refractivity contribution in [2.45, 2.75) is 46.1 Å². The van der Waals surface area contributed by atoms with Gasteiger partial charge in [-0.1, -0.05) is 0 Å². The molecule has 2 aromatic heterocycles. The van der Waals surface area contributed by atoms with Crippen molar-refractivity contribution < 1.29 is 4.79 Å². The van der Waals surface area contributed by atoms with E-state index in [1.807, 2.05) is 36.5 Å². The summed E-state index contributed by atoms with van der Waals surface area (Å²) in [5.41, 5.74) is 4.33. The molecule has 0 aromatic carbocycles. The standard InChI is InChI=1S/C16H23N5O/c1-10-7-5-6-8-21(10)16(22)14-9-13(17-18-14)15-11(2)19-20(4)12(15)3/h9-10H,5-8H2,1-4H3,(H,17,18). The third kappa shape index (κ3) is 2.42. The van der Waals surface area contributed by atoms with Gasteiger partial charge in [-0.15, -0.1) is 0 Å². The largest absolute Gasteiger partial charge is 0.335 e. The molecule has 1 N–H and O–H groups in total. The van der Waals surface area contributed by atoms with Gasteiger partial charge in [0.15, 0.2) is 0 Å². The molecular formula is C16H23N5O. The average Bonchev–Trinajstić information content (AvgIpc) is 3.05. The number of nitrogens with zero attached hydrogens (tertiary/aromatic N) is 4. The summed E-state index contributed by atoms with van der Waals surface area (Å²) < 4.78 is 1.84. The van der Waals surface area contributed by atoms with Gasteiger partial charge in [-0.2, -0.15) is 10.2 Å². The fourth-order valence-electron chi connectivity index (χ4n) is 3.26. The molecule has 0 aliphatic carbocycles. The van der Waals surface area contributed by atoms with Gasteiger partial charge in [0.25, 0.3) is 5.91 Å². The molecule has 1 atom stereocenters. The van der Waals surface area contributed by atoms with Crippen LogP contribution in [0.25, 0.3) is 11.3 Å². The maximum absolute atomic E-state index is 12.7. The minimum atomic E-state index is 0.0464. The summed E-state index contributed by atoms with van der Waals surface area (Å²) in [5, 5.41) is 11.7. The Morgan fingerprint density at radius 2 is 2.14 bits per heavy atom. The van der Waals surface area contributed by atoms with E-state index in [4.69, 9.17) is 0 Å². The van der Waals surface area contributed by atoms with Gasteiger partial charge in [-0.05, 0) is 46.1 Å². The lowest BCUT2D eigenvalue weighted by Gasteiger charge is -2.32. The number of aromatic amines is 1. The summed E-state index contributed by atoms with van der Waals surface area (Å²) in [6.45, 7) is 6.92. The number of likely N-dealkylation sites (tertiary alicyclic amines) is 1. The number of rotatable bonds is 2. The number of hydrogen-bond acceptors (Lipinski definition) is 3. The Kier molecular flexibility index (Phi) is 3.76. The maximum atomic E-state index is 12.7. The molecule has 1 amide bonds. The van der Waals surface area contributed by atoms with Crippen molar-refractivity contribution in [2.24, 2.45) is 7.05 Å². The number of carbonyl (C=O) groups excluding carboxylic acids is 1. The molecule has 0 saturated carbocycles. The van der Waals surface area contributed by atoms with Crippen molar-refractivity contribution in [1.82, 2.24) is 24.9 Å². The quantitative estimate of drug-likeness (QED) is 0.926. The van der Waals surface area contributed by atoms with Crippen molar-refractivity contribution in [2.75, 3.05) is 6.54 Å². The third-order valence-corrected chi connectivity index (χ3v) is 4.64. The summed E-state index contributed by atoms with van der Waals surface area (Å²) >= 11 is 0. The Hall–Kier alpha value is -2.11. The van der Waals surface area contributed by atoms with Gasteiger partial charge in [-0.25, -0.2) is 0 Å². The van der Waals surface area contributed by atoms with Crippen LogP contribution in [0.5, 0.6) is 0 Å². The molecule has 0 spiro atoms. The first-order chi connectivity index (χ1) is 10.5. The fraction of sp³-hybridized carbons (Fsp3) is 0.562. The van der Waals surface area contributed by atoms with Gasteiger partial charge in [-0.3, -0.25) is 14.6 Å². The number of carbonyl (C=O) groups is 1. The number of aryl methyl sites for hydroxylation is 2. The van der Waals surface area contributed by atoms with E-state index in [9.17, 15) is 4.79 Å². The topological polar surface area (TPSA) is 66.8 Å². The minimum absolute atomic E-state index is 0.0464. The van der Waals surface area contributed by atoms with Gasteiger partial charge in [0.2, 0.25) is 0 Å². The van der Waals surface area contributed by atoms with Crippen molar-refractivity contribution in [3.05, 3.63) is 23.1 Å². The fourth-order valence-corrected chi connectivity index (χ4v) is 3.26. The lowest BCUT2D eigenvalue weighted by Crippen LogP contribution is -2.42. The highest BCUT2D eigenvalue weighted by Crippen LogP contribution is 2.26. The average molecular weight is 301 g/mol. The molecule has 118 valence electrons. The van der Waals surface area contributed by atoms with Crippen LogP contribution in [-0.2, 0) is 7.05 Å². The third-order valence-electron chi connectivity index (χ3n) is 4.64. The zero-order valence-electron chi connectivity index (χ0n) is 13.7. The van der Waals surface area contributed by atoms with Crippen LogP contribution in [0.15, 0.2) is 6.07 Å². The summed E-state index contributed by atoms with van der Waals surface area (Å²) in [4.78, 5) is 14.6. The summed E-state index contributed by atoms with van der Waals surface area (Å²) in [6.07, 6.45) is 3.36. The lowest BCUT2D eigenvalue weighted by molar-refractivity contribution is 0.0629. The van der Waals surface area contributed by atoms with Crippen LogP contribution in [0.3, 0.4) is 0 Å². The molecule has 0 bridgehead atoms. The van der Waals surface area contributed by atoms with Crippen LogP contribution in [0.1, 0.15) is 48.1 Å². The molecule has 1 saturated heterocycles. The molecule has 6 heteroatoms. The number of H-pyrrole nitrogens is 1. The zero-order valence-corrected chi connectivity index (χ0v) is 13.7. The SMILES string of the molecule is Cc1nn(C)c(C)c1-c1cc(C(=O)N2CCCCC2C)[nH]n1.